The Morgan fingerprint density at radius 2 is 2.47 bits per heavy atom. The average Bonchev–Trinajstić information content (AvgIpc) is 2.68. The number of hydrogen-bond donors (Lipinski definition) is 1. The summed E-state index contributed by atoms with van der Waals surface area (Å²) in [4.78, 5) is 15.2. The number of carboxylic acids is 1. The van der Waals surface area contributed by atoms with E-state index in [1.165, 1.54) is 42.5 Å². The predicted octanol–water partition coefficient (Wildman–Crippen LogP) is 2.67. The summed E-state index contributed by atoms with van der Waals surface area (Å²) in [5, 5.41) is 10.4. The van der Waals surface area contributed by atoms with Crippen molar-refractivity contribution in [1.29, 1.82) is 0 Å². The Morgan fingerprint density at radius 3 is 3.07 bits per heavy atom. The summed E-state index contributed by atoms with van der Waals surface area (Å²) in [5.74, 6) is 0.372. The number of rotatable bonds is 3. The monoisotopic (exact) mass is 243 g/mol. The fraction of sp³-hybridized carbons (Fsp3) is 0.600. The van der Waals surface area contributed by atoms with Crippen molar-refractivity contribution in [3.05, 3.63) is 16.1 Å². The molecule has 3 nitrogen and oxygen atoms in total. The van der Waals surface area contributed by atoms with Gasteiger partial charge in [-0.2, -0.15) is 11.8 Å². The first-order valence-electron chi connectivity index (χ1n) is 5.05. The largest absolute Gasteiger partial charge is 0.477 e. The van der Waals surface area contributed by atoms with E-state index in [0.717, 1.165) is 11.4 Å². The van der Waals surface area contributed by atoms with Crippen molar-refractivity contribution in [3.63, 3.8) is 0 Å². The second-order valence-corrected chi connectivity index (χ2v) is 6.14. The maximum Gasteiger partial charge on any atom is 0.347 e. The molecule has 5 heteroatoms. The molecule has 1 unspecified atom stereocenters. The molecule has 1 N–H and O–H groups in total. The molecule has 2 rings (SSSR count). The van der Waals surface area contributed by atoms with Gasteiger partial charge in [0, 0.05) is 11.7 Å². The molecule has 1 atom stereocenters. The van der Waals surface area contributed by atoms with Gasteiger partial charge in [0.1, 0.15) is 4.88 Å². The molecule has 1 aromatic rings. The van der Waals surface area contributed by atoms with E-state index in [0.29, 0.717) is 10.1 Å². The molecule has 0 radical (unpaired) electrons. The fourth-order valence-corrected chi connectivity index (χ4v) is 3.92. The number of carbonyl (C=O) groups is 1. The van der Waals surface area contributed by atoms with Crippen molar-refractivity contribution in [2.45, 2.75) is 30.9 Å². The van der Waals surface area contributed by atoms with Gasteiger partial charge in [-0.25, -0.2) is 9.78 Å². The van der Waals surface area contributed by atoms with Crippen molar-refractivity contribution >= 4 is 29.1 Å². The van der Waals surface area contributed by atoms with E-state index >= 15 is 0 Å². The van der Waals surface area contributed by atoms with Gasteiger partial charge in [-0.1, -0.05) is 6.42 Å². The number of thiazole rings is 1. The van der Waals surface area contributed by atoms with E-state index in [1.54, 1.807) is 0 Å². The number of hydrogen-bond acceptors (Lipinski definition) is 4. The molecule has 1 fully saturated rings. The molecule has 1 aliphatic rings. The zero-order valence-electron chi connectivity index (χ0n) is 8.31. The first-order valence-corrected chi connectivity index (χ1v) is 6.92. The van der Waals surface area contributed by atoms with Gasteiger partial charge in [0.05, 0.1) is 11.2 Å². The molecule has 1 saturated heterocycles. The van der Waals surface area contributed by atoms with Crippen LogP contribution in [-0.4, -0.2) is 27.1 Å². The minimum absolute atomic E-state index is 0.353. The average molecular weight is 243 g/mol. The van der Waals surface area contributed by atoms with Crippen molar-refractivity contribution in [2.24, 2.45) is 0 Å². The van der Waals surface area contributed by atoms with Crippen LogP contribution in [0.15, 0.2) is 6.20 Å². The molecule has 0 amide bonds. The van der Waals surface area contributed by atoms with Crippen molar-refractivity contribution < 1.29 is 9.90 Å². The summed E-state index contributed by atoms with van der Waals surface area (Å²) in [7, 11) is 0. The predicted molar refractivity (Wildman–Crippen MR) is 62.9 cm³/mol. The molecular formula is C10H13NO2S2. The van der Waals surface area contributed by atoms with Gasteiger partial charge in [-0.3, -0.25) is 0 Å². The summed E-state index contributed by atoms with van der Waals surface area (Å²) in [5.41, 5.74) is 0. The summed E-state index contributed by atoms with van der Waals surface area (Å²) in [6.45, 7) is 0. The van der Waals surface area contributed by atoms with E-state index in [4.69, 9.17) is 5.11 Å². The normalized spacial score (nSPS) is 21.5. The van der Waals surface area contributed by atoms with Crippen molar-refractivity contribution in [2.75, 3.05) is 5.75 Å². The highest BCUT2D eigenvalue weighted by Crippen LogP contribution is 2.28. The maximum atomic E-state index is 10.7. The summed E-state index contributed by atoms with van der Waals surface area (Å²) < 4.78 is 0. The third-order valence-electron chi connectivity index (χ3n) is 2.44. The quantitative estimate of drug-likeness (QED) is 0.886. The van der Waals surface area contributed by atoms with E-state index in [-0.39, 0.29) is 0 Å². The molecule has 1 aromatic heterocycles. The molecule has 0 spiro atoms. The highest BCUT2D eigenvalue weighted by Gasteiger charge is 2.17. The van der Waals surface area contributed by atoms with Crippen LogP contribution in [0.4, 0.5) is 0 Å². The van der Waals surface area contributed by atoms with Crippen LogP contribution in [0.25, 0.3) is 0 Å². The zero-order chi connectivity index (χ0) is 10.7. The molecule has 0 aliphatic carbocycles. The van der Waals surface area contributed by atoms with E-state index < -0.39 is 5.97 Å². The smallest absolute Gasteiger partial charge is 0.347 e. The first-order chi connectivity index (χ1) is 7.25. The lowest BCUT2D eigenvalue weighted by Gasteiger charge is -2.19. The third-order valence-corrected chi connectivity index (χ3v) is 4.85. The Hall–Kier alpha value is -0.550. The molecule has 82 valence electrons. The first kappa shape index (κ1) is 11.0. The third kappa shape index (κ3) is 2.95. The second-order valence-electron chi connectivity index (χ2n) is 3.62. The standard InChI is InChI=1S/C10H13NO2S2/c12-10(13)8-6-11-9(15-8)5-7-3-1-2-4-14-7/h6-7H,1-5H2,(H,12,13). The van der Waals surface area contributed by atoms with E-state index in [9.17, 15) is 4.79 Å². The lowest BCUT2D eigenvalue weighted by molar-refractivity contribution is 0.0702. The van der Waals surface area contributed by atoms with Crippen LogP contribution >= 0.6 is 23.1 Å². The number of carboxylic acid groups (broad SMARTS) is 1. The van der Waals surface area contributed by atoms with Crippen LogP contribution in [0.1, 0.15) is 33.9 Å². The molecule has 0 bridgehead atoms. The Kier molecular flexibility index (Phi) is 3.64. The summed E-state index contributed by atoms with van der Waals surface area (Å²) in [6, 6.07) is 0. The van der Waals surface area contributed by atoms with Gasteiger partial charge in [0.25, 0.3) is 0 Å². The number of nitrogens with zero attached hydrogens (tertiary/aromatic N) is 1. The highest BCUT2D eigenvalue weighted by atomic mass is 32.2. The maximum absolute atomic E-state index is 10.7. The fourth-order valence-electron chi connectivity index (χ4n) is 1.67. The Balaban J connectivity index is 1.94. The molecule has 1 aliphatic heterocycles. The van der Waals surface area contributed by atoms with E-state index in [1.807, 2.05) is 11.8 Å². The number of aromatic nitrogens is 1. The number of aromatic carboxylic acids is 1. The number of thioether (sulfide) groups is 1. The van der Waals surface area contributed by atoms with Gasteiger partial charge in [-0.05, 0) is 18.6 Å². The van der Waals surface area contributed by atoms with Crippen LogP contribution in [0.2, 0.25) is 0 Å². The van der Waals surface area contributed by atoms with Crippen LogP contribution in [0.5, 0.6) is 0 Å². The van der Waals surface area contributed by atoms with Gasteiger partial charge >= 0.3 is 5.97 Å². The second kappa shape index (κ2) is 4.99. The SMILES string of the molecule is O=C(O)c1cnc(CC2CCCCS2)s1. The topological polar surface area (TPSA) is 50.2 Å². The molecule has 15 heavy (non-hydrogen) atoms. The Morgan fingerprint density at radius 1 is 1.60 bits per heavy atom. The Labute approximate surface area is 96.9 Å². The molecular weight excluding hydrogens is 230 g/mol. The summed E-state index contributed by atoms with van der Waals surface area (Å²) in [6.07, 6.45) is 6.26. The minimum Gasteiger partial charge on any atom is -0.477 e. The highest BCUT2D eigenvalue weighted by molar-refractivity contribution is 7.99. The molecule has 2 heterocycles. The van der Waals surface area contributed by atoms with Gasteiger partial charge in [0.2, 0.25) is 0 Å². The van der Waals surface area contributed by atoms with Crippen LogP contribution in [0.3, 0.4) is 0 Å². The van der Waals surface area contributed by atoms with E-state index in [2.05, 4.69) is 4.98 Å². The van der Waals surface area contributed by atoms with Crippen LogP contribution in [-0.2, 0) is 6.42 Å². The van der Waals surface area contributed by atoms with Gasteiger partial charge < -0.3 is 5.11 Å². The van der Waals surface area contributed by atoms with Crippen LogP contribution < -0.4 is 0 Å². The van der Waals surface area contributed by atoms with Gasteiger partial charge in [0.15, 0.2) is 0 Å². The molecule has 0 aromatic carbocycles. The lowest BCUT2D eigenvalue weighted by Crippen LogP contribution is -2.12. The Bertz CT molecular complexity index is 345. The van der Waals surface area contributed by atoms with Crippen molar-refractivity contribution in [1.82, 2.24) is 4.98 Å². The lowest BCUT2D eigenvalue weighted by atomic mass is 10.1. The summed E-state index contributed by atoms with van der Waals surface area (Å²) >= 11 is 3.31. The molecule has 0 saturated carbocycles. The van der Waals surface area contributed by atoms with Crippen molar-refractivity contribution in [3.8, 4) is 0 Å². The van der Waals surface area contributed by atoms with Crippen LogP contribution in [0, 0.1) is 0 Å². The zero-order valence-corrected chi connectivity index (χ0v) is 9.94. The minimum atomic E-state index is -0.866. The van der Waals surface area contributed by atoms with Gasteiger partial charge in [-0.15, -0.1) is 11.3 Å².